The van der Waals surface area contributed by atoms with Crippen molar-refractivity contribution >= 4 is 28.4 Å². The molecule has 0 spiro atoms. The van der Waals surface area contributed by atoms with Crippen LogP contribution in [0, 0.1) is 0 Å². The van der Waals surface area contributed by atoms with Crippen LogP contribution in [0.15, 0.2) is 63.9 Å². The number of para-hydroxylation sites is 1. The number of benzene rings is 2. The summed E-state index contributed by atoms with van der Waals surface area (Å²) in [6.07, 6.45) is 2.18. The highest BCUT2D eigenvalue weighted by molar-refractivity contribution is 6.30. The number of aryl methyl sites for hydroxylation is 1. The van der Waals surface area contributed by atoms with Crippen molar-refractivity contribution in [1.29, 1.82) is 0 Å². The maximum Gasteiger partial charge on any atom is 0.258 e. The predicted octanol–water partition coefficient (Wildman–Crippen LogP) is 3.84. The molecule has 2 aromatic carbocycles. The summed E-state index contributed by atoms with van der Waals surface area (Å²) in [5.41, 5.74) is 1.21. The second-order valence-electron chi connectivity index (χ2n) is 7.46. The number of ether oxygens (including phenoxy) is 1. The fraction of sp³-hybridized carbons (Fsp3) is 0.250. The molecule has 0 unspecified atom stereocenters. The van der Waals surface area contributed by atoms with Gasteiger partial charge in [-0.05, 0) is 36.4 Å². The number of H-pyrrole nitrogens is 1. The Morgan fingerprint density at radius 3 is 2.76 bits per heavy atom. The summed E-state index contributed by atoms with van der Waals surface area (Å²) in [6.45, 7) is 0.903. The summed E-state index contributed by atoms with van der Waals surface area (Å²) >= 11 is 5.93. The number of oxazole rings is 1. The molecule has 1 amide bonds. The van der Waals surface area contributed by atoms with Crippen LogP contribution in [0.2, 0.25) is 5.02 Å². The number of fused-ring (bicyclic) bond motifs is 1. The first-order chi connectivity index (χ1) is 16.0. The third-order valence-electron chi connectivity index (χ3n) is 5.16. The van der Waals surface area contributed by atoms with Gasteiger partial charge in [0.15, 0.2) is 11.7 Å². The molecular formula is C24H23ClN4O4. The van der Waals surface area contributed by atoms with E-state index in [1.807, 2.05) is 18.2 Å². The summed E-state index contributed by atoms with van der Waals surface area (Å²) in [5.74, 6) is 1.39. The highest BCUT2D eigenvalue weighted by Crippen LogP contribution is 2.23. The van der Waals surface area contributed by atoms with Crippen molar-refractivity contribution < 1.29 is 13.9 Å². The molecule has 1 N–H and O–H groups in total. The van der Waals surface area contributed by atoms with E-state index in [4.69, 9.17) is 20.8 Å². The van der Waals surface area contributed by atoms with Crippen molar-refractivity contribution in [3.63, 3.8) is 0 Å². The molecule has 4 rings (SSSR count). The molecule has 8 nitrogen and oxygen atoms in total. The minimum atomic E-state index is -0.232. The Hall–Kier alpha value is -3.49. The number of nitrogens with one attached hydrogen (secondary N) is 1. The number of aromatic amines is 1. The van der Waals surface area contributed by atoms with E-state index in [1.54, 1.807) is 48.5 Å². The average molecular weight is 467 g/mol. The van der Waals surface area contributed by atoms with Gasteiger partial charge in [0.25, 0.3) is 5.56 Å². The first kappa shape index (κ1) is 22.7. The Kier molecular flexibility index (Phi) is 7.16. The topological polar surface area (TPSA) is 101 Å². The summed E-state index contributed by atoms with van der Waals surface area (Å²) in [5, 5.41) is 1.15. The van der Waals surface area contributed by atoms with Crippen LogP contribution in [0.4, 0.5) is 0 Å². The lowest BCUT2D eigenvalue weighted by Crippen LogP contribution is -2.34. The van der Waals surface area contributed by atoms with E-state index in [2.05, 4.69) is 15.0 Å². The predicted molar refractivity (Wildman–Crippen MR) is 125 cm³/mol. The van der Waals surface area contributed by atoms with Gasteiger partial charge >= 0.3 is 0 Å². The summed E-state index contributed by atoms with van der Waals surface area (Å²) in [4.78, 5) is 38.5. The van der Waals surface area contributed by atoms with Gasteiger partial charge in [0, 0.05) is 37.1 Å². The van der Waals surface area contributed by atoms with Gasteiger partial charge in [0.05, 0.1) is 30.3 Å². The second kappa shape index (κ2) is 10.4. The number of hydrogen-bond acceptors (Lipinski definition) is 6. The van der Waals surface area contributed by atoms with Crippen LogP contribution < -0.4 is 5.56 Å². The minimum absolute atomic E-state index is 0.117. The van der Waals surface area contributed by atoms with Crippen LogP contribution >= 0.6 is 11.6 Å². The molecule has 0 saturated carbocycles. The van der Waals surface area contributed by atoms with Crippen LogP contribution in [0.25, 0.3) is 22.2 Å². The van der Waals surface area contributed by atoms with Crippen LogP contribution in [-0.4, -0.2) is 46.0 Å². The fourth-order valence-electron chi connectivity index (χ4n) is 3.43. The van der Waals surface area contributed by atoms with E-state index in [0.29, 0.717) is 53.0 Å². The molecule has 0 saturated heterocycles. The van der Waals surface area contributed by atoms with Crippen molar-refractivity contribution in [2.75, 3.05) is 20.3 Å². The molecule has 0 atom stereocenters. The maximum absolute atomic E-state index is 13.0. The number of carbonyl (C=O) groups is 1. The Bertz CT molecular complexity index is 1300. The molecule has 0 aliphatic carbocycles. The quantitative estimate of drug-likeness (QED) is 0.402. The third-order valence-corrected chi connectivity index (χ3v) is 5.41. The van der Waals surface area contributed by atoms with E-state index in [1.165, 1.54) is 0 Å². The van der Waals surface area contributed by atoms with Crippen molar-refractivity contribution in [1.82, 2.24) is 19.9 Å². The first-order valence-corrected chi connectivity index (χ1v) is 10.9. The lowest BCUT2D eigenvalue weighted by Gasteiger charge is -2.21. The average Bonchev–Trinajstić information content (AvgIpc) is 3.30. The highest BCUT2D eigenvalue weighted by Gasteiger charge is 2.17. The molecule has 0 aliphatic rings. The number of hydrogen-bond donors (Lipinski definition) is 1. The maximum atomic E-state index is 13.0. The Morgan fingerprint density at radius 1 is 1.18 bits per heavy atom. The Labute approximate surface area is 195 Å². The van der Waals surface area contributed by atoms with Gasteiger partial charge in [-0.25, -0.2) is 9.97 Å². The lowest BCUT2D eigenvalue weighted by atomic mass is 10.2. The van der Waals surface area contributed by atoms with E-state index >= 15 is 0 Å². The molecule has 0 fully saturated rings. The normalized spacial score (nSPS) is 11.1. The van der Waals surface area contributed by atoms with E-state index in [0.717, 1.165) is 5.56 Å². The number of carbonyl (C=O) groups excluding carboxylic acids is 1. The van der Waals surface area contributed by atoms with Gasteiger partial charge in [-0.15, -0.1) is 0 Å². The van der Waals surface area contributed by atoms with Gasteiger partial charge in [0.1, 0.15) is 5.82 Å². The number of amides is 1. The molecule has 4 aromatic rings. The number of rotatable bonds is 9. The van der Waals surface area contributed by atoms with Crippen molar-refractivity contribution in [3.05, 3.63) is 81.8 Å². The molecule has 33 heavy (non-hydrogen) atoms. The number of nitrogens with zero attached hydrogens (tertiary/aromatic N) is 3. The zero-order valence-electron chi connectivity index (χ0n) is 18.1. The van der Waals surface area contributed by atoms with E-state index in [-0.39, 0.29) is 24.4 Å². The minimum Gasteiger partial charge on any atom is -0.441 e. The van der Waals surface area contributed by atoms with Gasteiger partial charge in [0.2, 0.25) is 5.91 Å². The molecule has 0 radical (unpaired) electrons. The van der Waals surface area contributed by atoms with Crippen molar-refractivity contribution in [2.24, 2.45) is 0 Å². The summed E-state index contributed by atoms with van der Waals surface area (Å²) < 4.78 is 10.9. The highest BCUT2D eigenvalue weighted by atomic mass is 35.5. The van der Waals surface area contributed by atoms with Crippen LogP contribution in [-0.2, 0) is 22.5 Å². The number of aromatic nitrogens is 3. The van der Waals surface area contributed by atoms with Crippen LogP contribution in [0.1, 0.15) is 18.1 Å². The number of halogens is 1. The molecule has 9 heteroatoms. The lowest BCUT2D eigenvalue weighted by molar-refractivity contribution is -0.132. The largest absolute Gasteiger partial charge is 0.441 e. The van der Waals surface area contributed by atoms with Crippen molar-refractivity contribution in [2.45, 2.75) is 19.4 Å². The standard InChI is InChI=1S/C24H23ClN4O4/c1-32-13-12-29(15-21-27-19-5-3-2-4-18(19)24(31)28-21)23(30)11-10-22-26-14-20(33-22)16-6-8-17(25)9-7-16/h2-9,14H,10-13,15H2,1H3,(H,27,28,31). The van der Waals surface area contributed by atoms with Crippen LogP contribution in [0.3, 0.4) is 0 Å². The zero-order valence-corrected chi connectivity index (χ0v) is 18.8. The summed E-state index contributed by atoms with van der Waals surface area (Å²) in [6, 6.07) is 14.4. The molecule has 0 bridgehead atoms. The van der Waals surface area contributed by atoms with Crippen molar-refractivity contribution in [3.8, 4) is 11.3 Å². The van der Waals surface area contributed by atoms with E-state index in [9.17, 15) is 9.59 Å². The molecular weight excluding hydrogens is 444 g/mol. The smallest absolute Gasteiger partial charge is 0.258 e. The van der Waals surface area contributed by atoms with Gasteiger partial charge in [-0.2, -0.15) is 0 Å². The molecule has 170 valence electrons. The Balaban J connectivity index is 1.44. The molecule has 0 aliphatic heterocycles. The van der Waals surface area contributed by atoms with Gasteiger partial charge < -0.3 is 19.0 Å². The zero-order chi connectivity index (χ0) is 23.2. The Morgan fingerprint density at radius 2 is 1.97 bits per heavy atom. The fourth-order valence-corrected chi connectivity index (χ4v) is 3.56. The number of methoxy groups -OCH3 is 1. The monoisotopic (exact) mass is 466 g/mol. The third kappa shape index (κ3) is 5.66. The molecule has 2 aromatic heterocycles. The van der Waals surface area contributed by atoms with E-state index < -0.39 is 0 Å². The van der Waals surface area contributed by atoms with Gasteiger partial charge in [-0.1, -0.05) is 23.7 Å². The van der Waals surface area contributed by atoms with Gasteiger partial charge in [-0.3, -0.25) is 9.59 Å². The summed E-state index contributed by atoms with van der Waals surface area (Å²) in [7, 11) is 1.57. The first-order valence-electron chi connectivity index (χ1n) is 10.5. The second-order valence-corrected chi connectivity index (χ2v) is 7.90. The molecule has 2 heterocycles. The SMILES string of the molecule is COCCN(Cc1nc2ccccc2c(=O)[nH]1)C(=O)CCc1ncc(-c2ccc(Cl)cc2)o1. The van der Waals surface area contributed by atoms with Crippen LogP contribution in [0.5, 0.6) is 0 Å².